The van der Waals surface area contributed by atoms with Crippen molar-refractivity contribution in [2.45, 2.75) is 9.79 Å². The van der Waals surface area contributed by atoms with Gasteiger partial charge < -0.3 is 9.72 Å². The summed E-state index contributed by atoms with van der Waals surface area (Å²) < 4.78 is 4.58. The van der Waals surface area contributed by atoms with Gasteiger partial charge in [0, 0.05) is 14.7 Å². The van der Waals surface area contributed by atoms with Gasteiger partial charge in [-0.3, -0.25) is 5.32 Å². The van der Waals surface area contributed by atoms with Crippen molar-refractivity contribution in [1.82, 2.24) is 9.97 Å². The van der Waals surface area contributed by atoms with Gasteiger partial charge in [0.15, 0.2) is 0 Å². The van der Waals surface area contributed by atoms with Crippen LogP contribution in [0.15, 0.2) is 69.8 Å². The summed E-state index contributed by atoms with van der Waals surface area (Å²) in [6.45, 7) is 0. The van der Waals surface area contributed by atoms with Crippen LogP contribution in [0.25, 0.3) is 21.5 Å². The van der Waals surface area contributed by atoms with Crippen LogP contribution in [0.3, 0.4) is 0 Å². The number of aromatic nitrogens is 2. The van der Waals surface area contributed by atoms with E-state index in [4.69, 9.17) is 0 Å². The lowest BCUT2D eigenvalue weighted by molar-refractivity contribution is 0.186. The first-order valence-corrected chi connectivity index (χ1v) is 9.57. The van der Waals surface area contributed by atoms with Crippen LogP contribution in [0.5, 0.6) is 0 Å². The summed E-state index contributed by atoms with van der Waals surface area (Å²) in [6.07, 6.45) is -0.551. The van der Waals surface area contributed by atoms with E-state index >= 15 is 0 Å². The Balaban J connectivity index is 1.52. The van der Waals surface area contributed by atoms with Gasteiger partial charge >= 0.3 is 6.09 Å². The van der Waals surface area contributed by atoms with Crippen molar-refractivity contribution in [3.63, 3.8) is 0 Å². The average Bonchev–Trinajstić information content (AvgIpc) is 3.31. The summed E-state index contributed by atoms with van der Waals surface area (Å²) in [5.74, 6) is 0.370. The molecule has 7 heteroatoms. The molecule has 0 saturated carbocycles. The summed E-state index contributed by atoms with van der Waals surface area (Å²) >= 11 is 3.41. The third-order valence-corrected chi connectivity index (χ3v) is 5.67. The van der Waals surface area contributed by atoms with Crippen LogP contribution in [0.2, 0.25) is 0 Å². The largest absolute Gasteiger partial charge is 0.453 e. The van der Waals surface area contributed by atoms with Gasteiger partial charge in [0.1, 0.15) is 0 Å². The highest BCUT2D eigenvalue weighted by atomic mass is 32.2. The van der Waals surface area contributed by atoms with Gasteiger partial charge in [-0.1, -0.05) is 30.0 Å². The van der Waals surface area contributed by atoms with Crippen molar-refractivity contribution < 1.29 is 9.53 Å². The van der Waals surface area contributed by atoms with Gasteiger partial charge in [0.2, 0.25) is 5.95 Å². The minimum atomic E-state index is -0.551. The van der Waals surface area contributed by atoms with Gasteiger partial charge in [-0.15, -0.1) is 11.3 Å². The fourth-order valence-corrected chi connectivity index (χ4v) is 4.11. The molecule has 0 spiro atoms. The van der Waals surface area contributed by atoms with E-state index in [0.717, 1.165) is 20.8 Å². The number of imidazole rings is 1. The molecule has 4 aromatic rings. The lowest BCUT2D eigenvalue weighted by Gasteiger charge is -2.03. The Morgan fingerprint density at radius 3 is 2.69 bits per heavy atom. The van der Waals surface area contributed by atoms with Crippen molar-refractivity contribution in [1.29, 1.82) is 0 Å². The molecule has 0 fully saturated rings. The van der Waals surface area contributed by atoms with E-state index in [1.165, 1.54) is 17.6 Å². The van der Waals surface area contributed by atoms with Crippen LogP contribution in [-0.2, 0) is 4.74 Å². The van der Waals surface area contributed by atoms with Crippen molar-refractivity contribution >= 4 is 46.2 Å². The number of methoxy groups -OCH3 is 1. The zero-order valence-electron chi connectivity index (χ0n) is 13.9. The highest BCUT2D eigenvalue weighted by Gasteiger charge is 2.08. The SMILES string of the molecule is COC(=O)Nc1nc2cc(Sc3ccc(-c4cccs4)cc3)ccc2[nH]1. The molecule has 2 N–H and O–H groups in total. The topological polar surface area (TPSA) is 67.0 Å². The molecule has 0 aliphatic heterocycles. The molecule has 5 nitrogen and oxygen atoms in total. The summed E-state index contributed by atoms with van der Waals surface area (Å²) in [4.78, 5) is 22.2. The number of carbonyl (C=O) groups excluding carboxylic acids is 1. The molecule has 2 heterocycles. The molecule has 0 unspecified atom stereocenters. The first-order valence-electron chi connectivity index (χ1n) is 7.88. The van der Waals surface area contributed by atoms with E-state index in [1.807, 2.05) is 18.2 Å². The Morgan fingerprint density at radius 2 is 1.96 bits per heavy atom. The Labute approximate surface area is 158 Å². The first-order chi connectivity index (χ1) is 12.7. The Kier molecular flexibility index (Phi) is 4.64. The van der Waals surface area contributed by atoms with E-state index in [0.29, 0.717) is 5.95 Å². The molecule has 0 bridgehead atoms. The molecular formula is C19H15N3O2S2. The highest BCUT2D eigenvalue weighted by molar-refractivity contribution is 7.99. The molecule has 0 aliphatic carbocycles. The number of H-pyrrole nitrogens is 1. The molecule has 1 amide bonds. The van der Waals surface area contributed by atoms with Crippen molar-refractivity contribution in [2.24, 2.45) is 0 Å². The molecule has 0 aliphatic rings. The van der Waals surface area contributed by atoms with E-state index in [2.05, 4.69) is 61.8 Å². The number of nitrogens with zero attached hydrogens (tertiary/aromatic N) is 1. The molecule has 26 heavy (non-hydrogen) atoms. The molecule has 0 atom stereocenters. The molecule has 2 aromatic carbocycles. The van der Waals surface area contributed by atoms with Crippen molar-refractivity contribution in [3.05, 3.63) is 60.0 Å². The number of amides is 1. The third kappa shape index (κ3) is 3.58. The molecule has 0 saturated heterocycles. The maximum Gasteiger partial charge on any atom is 0.413 e. The van der Waals surface area contributed by atoms with Gasteiger partial charge in [-0.05, 0) is 47.3 Å². The monoisotopic (exact) mass is 381 g/mol. The fourth-order valence-electron chi connectivity index (χ4n) is 2.52. The van der Waals surface area contributed by atoms with Crippen LogP contribution in [-0.4, -0.2) is 23.2 Å². The number of hydrogen-bond donors (Lipinski definition) is 2. The van der Waals surface area contributed by atoms with Crippen molar-refractivity contribution in [3.8, 4) is 10.4 Å². The van der Waals surface area contributed by atoms with E-state index < -0.39 is 6.09 Å². The summed E-state index contributed by atoms with van der Waals surface area (Å²) in [5, 5.41) is 4.62. The molecule has 130 valence electrons. The van der Waals surface area contributed by atoms with Gasteiger partial charge in [-0.25, -0.2) is 9.78 Å². The van der Waals surface area contributed by atoms with Crippen LogP contribution < -0.4 is 5.32 Å². The van der Waals surface area contributed by atoms with E-state index in [1.54, 1.807) is 23.1 Å². The summed E-state index contributed by atoms with van der Waals surface area (Å²) in [5.41, 5.74) is 2.87. The number of benzene rings is 2. The number of aromatic amines is 1. The zero-order valence-corrected chi connectivity index (χ0v) is 15.5. The van der Waals surface area contributed by atoms with Crippen LogP contribution in [0.1, 0.15) is 0 Å². The number of fused-ring (bicyclic) bond motifs is 1. The van der Waals surface area contributed by atoms with E-state index in [9.17, 15) is 4.79 Å². The maximum absolute atomic E-state index is 11.3. The number of nitrogens with one attached hydrogen (secondary N) is 2. The number of hydrogen-bond acceptors (Lipinski definition) is 5. The first kappa shape index (κ1) is 16.7. The normalized spacial score (nSPS) is 10.8. The standard InChI is InChI=1S/C19H15N3O2S2/c1-24-19(23)22-18-20-15-9-8-14(11-16(15)21-18)26-13-6-4-12(5-7-13)17-3-2-10-25-17/h2-11H,1H3,(H2,20,21,22,23). The predicted octanol–water partition coefficient (Wildman–Crippen LogP) is 5.62. The number of rotatable bonds is 4. The maximum atomic E-state index is 11.3. The second-order valence-corrected chi connectivity index (χ2v) is 7.58. The van der Waals surface area contributed by atoms with Crippen LogP contribution in [0, 0.1) is 0 Å². The Hall–Kier alpha value is -2.77. The zero-order chi connectivity index (χ0) is 17.9. The minimum absolute atomic E-state index is 0.370. The molecular weight excluding hydrogens is 366 g/mol. The van der Waals surface area contributed by atoms with E-state index in [-0.39, 0.29) is 0 Å². The Bertz CT molecular complexity index is 1040. The second kappa shape index (κ2) is 7.23. The van der Waals surface area contributed by atoms with Gasteiger partial charge in [0.05, 0.1) is 18.1 Å². The second-order valence-electron chi connectivity index (χ2n) is 5.48. The average molecular weight is 381 g/mol. The van der Waals surface area contributed by atoms with Gasteiger partial charge in [0.25, 0.3) is 0 Å². The molecule has 2 aromatic heterocycles. The smallest absolute Gasteiger partial charge is 0.413 e. The predicted molar refractivity (Wildman–Crippen MR) is 106 cm³/mol. The Morgan fingerprint density at radius 1 is 1.15 bits per heavy atom. The lowest BCUT2D eigenvalue weighted by atomic mass is 10.2. The number of carbonyl (C=O) groups is 1. The number of anilines is 1. The number of ether oxygens (including phenoxy) is 1. The molecule has 0 radical (unpaired) electrons. The summed E-state index contributed by atoms with van der Waals surface area (Å²) in [7, 11) is 1.32. The minimum Gasteiger partial charge on any atom is -0.453 e. The summed E-state index contributed by atoms with van der Waals surface area (Å²) in [6, 6.07) is 18.7. The van der Waals surface area contributed by atoms with Crippen LogP contribution in [0.4, 0.5) is 10.7 Å². The van der Waals surface area contributed by atoms with Crippen molar-refractivity contribution in [2.75, 3.05) is 12.4 Å². The van der Waals surface area contributed by atoms with Gasteiger partial charge in [-0.2, -0.15) is 0 Å². The number of thiophene rings is 1. The fraction of sp³-hybridized carbons (Fsp3) is 0.0526. The van der Waals surface area contributed by atoms with Crippen LogP contribution >= 0.6 is 23.1 Å². The lowest BCUT2D eigenvalue weighted by Crippen LogP contribution is -2.11. The third-order valence-electron chi connectivity index (χ3n) is 3.76. The highest BCUT2D eigenvalue weighted by Crippen LogP contribution is 2.32. The quantitative estimate of drug-likeness (QED) is 0.481. The molecule has 4 rings (SSSR count).